The number of amides is 1. The Bertz CT molecular complexity index is 1290. The second kappa shape index (κ2) is 9.77. The third kappa shape index (κ3) is 4.33. The lowest BCUT2D eigenvalue weighted by atomic mass is 10.0. The maximum absolute atomic E-state index is 12.9. The minimum Gasteiger partial charge on any atom is -0.493 e. The molecule has 0 spiro atoms. The van der Waals surface area contributed by atoms with E-state index in [0.29, 0.717) is 53.9 Å². The van der Waals surface area contributed by atoms with E-state index < -0.39 is 0 Å². The van der Waals surface area contributed by atoms with Crippen LogP contribution in [0.4, 0.5) is 11.4 Å². The summed E-state index contributed by atoms with van der Waals surface area (Å²) in [6.45, 7) is 2.57. The molecule has 5 rings (SSSR count). The molecule has 0 saturated carbocycles. The Hall–Kier alpha value is -3.51. The molecule has 0 bridgehead atoms. The molecule has 0 radical (unpaired) electrons. The Morgan fingerprint density at radius 2 is 2.21 bits per heavy atom. The quantitative estimate of drug-likeness (QED) is 0.431. The predicted molar refractivity (Wildman–Crippen MR) is 131 cm³/mol. The van der Waals surface area contributed by atoms with Crippen molar-refractivity contribution in [2.45, 2.75) is 12.5 Å². The second-order valence-corrected chi connectivity index (χ2v) is 8.36. The van der Waals surface area contributed by atoms with Crippen molar-refractivity contribution < 1.29 is 14.3 Å². The first-order valence-electron chi connectivity index (χ1n) is 11.1. The van der Waals surface area contributed by atoms with Crippen molar-refractivity contribution >= 4 is 28.9 Å². The molecule has 34 heavy (non-hydrogen) atoms. The molecular weight excluding hydrogens is 454 g/mol. The minimum atomic E-state index is -0.141. The van der Waals surface area contributed by atoms with Gasteiger partial charge in [0.05, 0.1) is 59.6 Å². The molecule has 2 aliphatic rings. The van der Waals surface area contributed by atoms with Gasteiger partial charge in [-0.05, 0) is 18.2 Å². The summed E-state index contributed by atoms with van der Waals surface area (Å²) < 4.78 is 11.0. The van der Waals surface area contributed by atoms with Gasteiger partial charge in [0.1, 0.15) is 0 Å². The molecule has 174 valence electrons. The number of morpholine rings is 1. The van der Waals surface area contributed by atoms with Crippen molar-refractivity contribution in [3.05, 3.63) is 58.5 Å². The average Bonchev–Trinajstić information content (AvgIpc) is 3.23. The van der Waals surface area contributed by atoms with Gasteiger partial charge in [0.15, 0.2) is 5.75 Å². The van der Waals surface area contributed by atoms with Crippen LogP contribution in [0.3, 0.4) is 0 Å². The van der Waals surface area contributed by atoms with Gasteiger partial charge in [-0.1, -0.05) is 29.5 Å². The van der Waals surface area contributed by atoms with Crippen LogP contribution in [-0.2, 0) is 11.2 Å². The number of H-pyrrole nitrogens is 1. The molecule has 3 aromatic rings. The summed E-state index contributed by atoms with van der Waals surface area (Å²) in [6.07, 6.45) is 4.14. The third-order valence-electron chi connectivity index (χ3n) is 5.79. The molecule has 4 N–H and O–H groups in total. The lowest BCUT2D eigenvalue weighted by Gasteiger charge is -2.18. The first-order valence-corrected chi connectivity index (χ1v) is 11.4. The highest BCUT2D eigenvalue weighted by Gasteiger charge is 2.28. The highest BCUT2D eigenvalue weighted by Crippen LogP contribution is 2.41. The van der Waals surface area contributed by atoms with E-state index in [1.54, 1.807) is 25.6 Å². The molecule has 9 heteroatoms. The number of nitrogens with one attached hydrogen (secondary N) is 4. The maximum atomic E-state index is 12.9. The topological polar surface area (TPSA) is 100 Å². The zero-order valence-corrected chi connectivity index (χ0v) is 19.4. The number of pyridine rings is 1. The van der Waals surface area contributed by atoms with Gasteiger partial charge in [-0.2, -0.15) is 0 Å². The Kier molecular flexibility index (Phi) is 6.41. The zero-order valence-electron chi connectivity index (χ0n) is 18.6. The maximum Gasteiger partial charge on any atom is 0.255 e. The number of carbonyl (C=O) groups is 1. The summed E-state index contributed by atoms with van der Waals surface area (Å²) in [5.41, 5.74) is 5.06. The molecular formula is C25H24ClN5O3. The second-order valence-electron chi connectivity index (χ2n) is 7.95. The Morgan fingerprint density at radius 1 is 1.29 bits per heavy atom. The summed E-state index contributed by atoms with van der Waals surface area (Å²) in [7, 11) is 1.56. The van der Waals surface area contributed by atoms with Crippen LogP contribution in [0.5, 0.6) is 5.75 Å². The number of fused-ring (bicyclic) bond motifs is 1. The first-order chi connectivity index (χ1) is 16.7. The standard InChI is InChI=1S/C25H24ClN5O3/c1-33-24-18(26)3-2-4-20(24)31-23-21-19(8-10-29-25(21)32)30-22(23)17-7-9-27-13-15(17)5-6-16-14-34-12-11-28-16/h2-4,7,9,13,16,28,30-31H,8,10-12,14H2,1H3,(H,29,32). The van der Waals surface area contributed by atoms with Gasteiger partial charge < -0.3 is 25.1 Å². The molecule has 1 unspecified atom stereocenters. The van der Waals surface area contributed by atoms with E-state index in [9.17, 15) is 4.79 Å². The summed E-state index contributed by atoms with van der Waals surface area (Å²) in [6, 6.07) is 7.29. The summed E-state index contributed by atoms with van der Waals surface area (Å²) in [5.74, 6) is 6.84. The fourth-order valence-electron chi connectivity index (χ4n) is 4.19. The van der Waals surface area contributed by atoms with Crippen LogP contribution in [0.2, 0.25) is 5.02 Å². The van der Waals surface area contributed by atoms with Gasteiger partial charge in [0, 0.05) is 43.2 Å². The lowest BCUT2D eigenvalue weighted by Crippen LogP contribution is -2.40. The van der Waals surface area contributed by atoms with Crippen molar-refractivity contribution in [3.63, 3.8) is 0 Å². The van der Waals surface area contributed by atoms with Crippen molar-refractivity contribution in [3.8, 4) is 28.8 Å². The molecule has 1 aromatic carbocycles. The number of benzene rings is 1. The summed E-state index contributed by atoms with van der Waals surface area (Å²) >= 11 is 6.34. The number of aromatic amines is 1. The third-order valence-corrected chi connectivity index (χ3v) is 6.09. The van der Waals surface area contributed by atoms with Crippen molar-refractivity contribution in [2.24, 2.45) is 0 Å². The van der Waals surface area contributed by atoms with Crippen LogP contribution in [0.25, 0.3) is 11.3 Å². The van der Waals surface area contributed by atoms with Crippen LogP contribution >= 0.6 is 11.6 Å². The largest absolute Gasteiger partial charge is 0.493 e. The molecule has 1 fully saturated rings. The number of ether oxygens (including phenoxy) is 2. The number of aromatic nitrogens is 2. The fourth-order valence-corrected chi connectivity index (χ4v) is 4.44. The van der Waals surface area contributed by atoms with Gasteiger partial charge in [-0.3, -0.25) is 15.1 Å². The SMILES string of the molecule is COc1c(Cl)cccc1Nc1c(-c2ccncc2C#CC2COCCN2)[nH]c2c1C(=O)NCC2. The van der Waals surface area contributed by atoms with Crippen LogP contribution in [-0.4, -0.2) is 55.3 Å². The van der Waals surface area contributed by atoms with E-state index in [1.807, 2.05) is 18.2 Å². The molecule has 1 amide bonds. The number of anilines is 2. The van der Waals surface area contributed by atoms with E-state index in [2.05, 4.69) is 37.8 Å². The highest BCUT2D eigenvalue weighted by molar-refractivity contribution is 6.32. The Labute approximate surface area is 202 Å². The van der Waals surface area contributed by atoms with Gasteiger partial charge in [-0.15, -0.1) is 0 Å². The molecule has 1 saturated heterocycles. The normalized spacial score (nSPS) is 17.2. The number of carbonyl (C=O) groups excluding carboxylic acids is 1. The Morgan fingerprint density at radius 3 is 3.03 bits per heavy atom. The van der Waals surface area contributed by atoms with Gasteiger partial charge >= 0.3 is 0 Å². The monoisotopic (exact) mass is 477 g/mol. The van der Waals surface area contributed by atoms with E-state index in [4.69, 9.17) is 21.1 Å². The van der Waals surface area contributed by atoms with Crippen LogP contribution in [0.1, 0.15) is 21.6 Å². The van der Waals surface area contributed by atoms with Crippen molar-refractivity contribution in [1.29, 1.82) is 0 Å². The number of hydrogen-bond acceptors (Lipinski definition) is 6. The predicted octanol–water partition coefficient (Wildman–Crippen LogP) is 3.11. The number of rotatable bonds is 4. The van der Waals surface area contributed by atoms with E-state index in [1.165, 1.54) is 0 Å². The molecule has 4 heterocycles. The number of nitrogens with zero attached hydrogens (tertiary/aromatic N) is 1. The van der Waals surface area contributed by atoms with Gasteiger partial charge in [0.25, 0.3) is 5.91 Å². The smallest absolute Gasteiger partial charge is 0.255 e. The highest BCUT2D eigenvalue weighted by atomic mass is 35.5. The first kappa shape index (κ1) is 22.3. The summed E-state index contributed by atoms with van der Waals surface area (Å²) in [5, 5.41) is 10.1. The zero-order chi connectivity index (χ0) is 23.5. The van der Waals surface area contributed by atoms with E-state index >= 15 is 0 Å². The molecule has 1 atom stereocenters. The molecule has 2 aromatic heterocycles. The van der Waals surface area contributed by atoms with Crippen molar-refractivity contribution in [2.75, 3.05) is 38.7 Å². The Balaban J connectivity index is 1.62. The van der Waals surface area contributed by atoms with E-state index in [-0.39, 0.29) is 11.9 Å². The number of halogens is 1. The van der Waals surface area contributed by atoms with Gasteiger partial charge in [0.2, 0.25) is 0 Å². The lowest BCUT2D eigenvalue weighted by molar-refractivity contribution is 0.0925. The molecule has 0 aliphatic carbocycles. The van der Waals surface area contributed by atoms with Crippen LogP contribution in [0, 0.1) is 11.8 Å². The fraction of sp³-hybridized carbons (Fsp3) is 0.280. The van der Waals surface area contributed by atoms with Gasteiger partial charge in [-0.25, -0.2) is 0 Å². The van der Waals surface area contributed by atoms with Crippen molar-refractivity contribution in [1.82, 2.24) is 20.6 Å². The summed E-state index contributed by atoms with van der Waals surface area (Å²) in [4.78, 5) is 20.6. The number of para-hydroxylation sites is 1. The van der Waals surface area contributed by atoms with Crippen LogP contribution < -0.4 is 20.7 Å². The minimum absolute atomic E-state index is 0.0438. The molecule has 8 nitrogen and oxygen atoms in total. The molecule has 2 aliphatic heterocycles. The van der Waals surface area contributed by atoms with E-state index in [0.717, 1.165) is 29.1 Å². The number of methoxy groups -OCH3 is 1. The van der Waals surface area contributed by atoms with Crippen LogP contribution in [0.15, 0.2) is 36.7 Å². The average molecular weight is 478 g/mol. The number of hydrogen-bond donors (Lipinski definition) is 4.